The highest BCUT2D eigenvalue weighted by Crippen LogP contribution is 2.27. The number of aromatic nitrogens is 1. The Morgan fingerprint density at radius 2 is 2.08 bits per heavy atom. The molecule has 0 radical (unpaired) electrons. The quantitative estimate of drug-likeness (QED) is 0.562. The van der Waals surface area contributed by atoms with Crippen LogP contribution in [0.2, 0.25) is 5.02 Å². The van der Waals surface area contributed by atoms with Crippen molar-refractivity contribution in [3.63, 3.8) is 0 Å². The minimum atomic E-state index is -2.98. The van der Waals surface area contributed by atoms with E-state index in [1.807, 2.05) is 13.8 Å². The highest BCUT2D eigenvalue weighted by molar-refractivity contribution is 6.35. The van der Waals surface area contributed by atoms with E-state index >= 15 is 0 Å². The predicted octanol–water partition coefficient (Wildman–Crippen LogP) is 4.39. The van der Waals surface area contributed by atoms with Crippen LogP contribution < -0.4 is 10.1 Å². The van der Waals surface area contributed by atoms with Gasteiger partial charge in [-0.25, -0.2) is 0 Å². The molecule has 0 aliphatic carbocycles. The number of rotatable bonds is 7. The number of nitrogens with zero attached hydrogens (tertiary/aromatic N) is 1. The van der Waals surface area contributed by atoms with Gasteiger partial charge in [0.05, 0.1) is 16.4 Å². The molecule has 0 atom stereocenters. The molecule has 0 spiro atoms. The Balaban J connectivity index is 2.48. The van der Waals surface area contributed by atoms with Crippen molar-refractivity contribution in [1.82, 2.24) is 4.98 Å². The molecule has 5 nitrogen and oxygen atoms in total. The fraction of sp³-hybridized carbons (Fsp3) is 0.235. The maximum atomic E-state index is 12.4. The van der Waals surface area contributed by atoms with Gasteiger partial charge in [0.2, 0.25) is 0 Å². The van der Waals surface area contributed by atoms with Crippen molar-refractivity contribution in [3.05, 3.63) is 52.3 Å². The molecule has 2 rings (SSSR count). The number of benzene rings is 1. The van der Waals surface area contributed by atoms with Gasteiger partial charge in [-0.2, -0.15) is 8.78 Å². The van der Waals surface area contributed by atoms with Gasteiger partial charge in [0.1, 0.15) is 11.4 Å². The summed E-state index contributed by atoms with van der Waals surface area (Å²) in [6.07, 6.45) is 1.98. The Bertz CT molecular complexity index is 797. The molecular formula is C17H16ClF2N3O2. The fourth-order valence-corrected chi connectivity index (χ4v) is 2.38. The van der Waals surface area contributed by atoms with E-state index in [-0.39, 0.29) is 33.8 Å². The number of ether oxygens (including phenoxy) is 1. The topological polar surface area (TPSA) is 75.1 Å². The van der Waals surface area contributed by atoms with Crippen LogP contribution in [0.25, 0.3) is 0 Å². The average Bonchev–Trinajstić information content (AvgIpc) is 2.55. The first-order chi connectivity index (χ1) is 11.8. The fourth-order valence-electron chi connectivity index (χ4n) is 2.17. The van der Waals surface area contributed by atoms with E-state index < -0.39 is 6.61 Å². The second-order valence-corrected chi connectivity index (χ2v) is 5.88. The third-order valence-electron chi connectivity index (χ3n) is 3.16. The summed E-state index contributed by atoms with van der Waals surface area (Å²) in [6.45, 7) is 0.808. The van der Waals surface area contributed by atoms with Crippen LogP contribution in [-0.2, 0) is 0 Å². The lowest BCUT2D eigenvalue weighted by molar-refractivity contribution is -0.0498. The summed E-state index contributed by atoms with van der Waals surface area (Å²) >= 11 is 6.11. The molecule has 1 aromatic carbocycles. The van der Waals surface area contributed by atoms with Crippen LogP contribution in [0.1, 0.15) is 35.5 Å². The van der Waals surface area contributed by atoms with Gasteiger partial charge in [0, 0.05) is 23.4 Å². The van der Waals surface area contributed by atoms with Crippen molar-refractivity contribution in [2.75, 3.05) is 5.32 Å². The van der Waals surface area contributed by atoms with Gasteiger partial charge in [0.15, 0.2) is 6.29 Å². The number of carbonyl (C=O) groups is 1. The lowest BCUT2D eigenvalue weighted by atomic mass is 10.0. The molecule has 0 saturated carbocycles. The zero-order chi connectivity index (χ0) is 18.6. The summed E-state index contributed by atoms with van der Waals surface area (Å²) in [7, 11) is 0. The molecule has 0 amide bonds. The third-order valence-corrected chi connectivity index (χ3v) is 3.49. The van der Waals surface area contributed by atoms with Gasteiger partial charge in [-0.1, -0.05) is 11.6 Å². The monoisotopic (exact) mass is 367 g/mol. The van der Waals surface area contributed by atoms with Gasteiger partial charge in [0.25, 0.3) is 0 Å². The molecule has 25 heavy (non-hydrogen) atoms. The van der Waals surface area contributed by atoms with Crippen LogP contribution in [0.5, 0.6) is 5.75 Å². The SMILES string of the molecule is CC(C)Nc1cc(C=O)cnc1C(=N)c1cc(OC(F)F)ccc1Cl. The van der Waals surface area contributed by atoms with Crippen molar-refractivity contribution >= 4 is 29.3 Å². The van der Waals surface area contributed by atoms with Crippen molar-refractivity contribution in [2.45, 2.75) is 26.5 Å². The average molecular weight is 368 g/mol. The van der Waals surface area contributed by atoms with Gasteiger partial charge in [-0.05, 0) is 38.1 Å². The number of hydrogen-bond donors (Lipinski definition) is 2. The number of anilines is 1. The van der Waals surface area contributed by atoms with Crippen LogP contribution >= 0.6 is 11.6 Å². The molecule has 132 valence electrons. The van der Waals surface area contributed by atoms with E-state index in [4.69, 9.17) is 17.0 Å². The first kappa shape index (κ1) is 18.8. The molecule has 2 aromatic rings. The first-order valence-corrected chi connectivity index (χ1v) is 7.75. The highest BCUT2D eigenvalue weighted by Gasteiger charge is 2.17. The lowest BCUT2D eigenvalue weighted by Gasteiger charge is -2.16. The number of alkyl halides is 2. The number of nitrogens with one attached hydrogen (secondary N) is 2. The number of pyridine rings is 1. The molecule has 1 heterocycles. The second kappa shape index (κ2) is 8.02. The summed E-state index contributed by atoms with van der Waals surface area (Å²) in [5.74, 6) is -0.109. The van der Waals surface area contributed by atoms with E-state index in [9.17, 15) is 13.6 Å². The molecule has 8 heteroatoms. The summed E-state index contributed by atoms with van der Waals surface area (Å²) in [6, 6.07) is 5.52. The van der Waals surface area contributed by atoms with E-state index in [2.05, 4.69) is 15.0 Å². The minimum absolute atomic E-state index is 0.0271. The normalized spacial score (nSPS) is 10.8. The molecule has 1 aromatic heterocycles. The minimum Gasteiger partial charge on any atom is -0.435 e. The van der Waals surface area contributed by atoms with Gasteiger partial charge >= 0.3 is 6.61 Å². The van der Waals surface area contributed by atoms with Crippen molar-refractivity contribution < 1.29 is 18.3 Å². The van der Waals surface area contributed by atoms with Crippen LogP contribution in [0.4, 0.5) is 14.5 Å². The predicted molar refractivity (Wildman–Crippen MR) is 92.4 cm³/mol. The molecule has 0 aliphatic rings. The zero-order valence-electron chi connectivity index (χ0n) is 13.5. The summed E-state index contributed by atoms with van der Waals surface area (Å²) < 4.78 is 29.2. The number of carbonyl (C=O) groups excluding carboxylic acids is 1. The Morgan fingerprint density at radius 3 is 2.68 bits per heavy atom. The molecule has 0 fully saturated rings. The van der Waals surface area contributed by atoms with Crippen LogP contribution in [0.15, 0.2) is 30.5 Å². The largest absolute Gasteiger partial charge is 0.435 e. The van der Waals surface area contributed by atoms with Crippen LogP contribution in [0.3, 0.4) is 0 Å². The maximum absolute atomic E-state index is 12.4. The molecule has 0 saturated heterocycles. The summed E-state index contributed by atoms with van der Waals surface area (Å²) in [4.78, 5) is 15.1. The van der Waals surface area contributed by atoms with E-state index in [1.54, 1.807) is 6.07 Å². The maximum Gasteiger partial charge on any atom is 0.387 e. The Labute approximate surface area is 148 Å². The summed E-state index contributed by atoms with van der Waals surface area (Å²) in [5.41, 5.74) is 1.18. The van der Waals surface area contributed by atoms with Gasteiger partial charge in [-0.3, -0.25) is 15.2 Å². The lowest BCUT2D eigenvalue weighted by Crippen LogP contribution is -2.16. The van der Waals surface area contributed by atoms with Gasteiger partial charge in [-0.15, -0.1) is 0 Å². The van der Waals surface area contributed by atoms with E-state index in [1.165, 1.54) is 24.4 Å². The van der Waals surface area contributed by atoms with Crippen molar-refractivity contribution in [2.24, 2.45) is 0 Å². The molecule has 0 aliphatic heterocycles. The van der Waals surface area contributed by atoms with E-state index in [0.717, 1.165) is 0 Å². The van der Waals surface area contributed by atoms with Crippen molar-refractivity contribution in [3.8, 4) is 5.75 Å². The molecule has 2 N–H and O–H groups in total. The smallest absolute Gasteiger partial charge is 0.387 e. The summed E-state index contributed by atoms with van der Waals surface area (Å²) in [5, 5.41) is 11.7. The number of aldehydes is 1. The van der Waals surface area contributed by atoms with E-state index in [0.29, 0.717) is 17.5 Å². The number of hydrogen-bond acceptors (Lipinski definition) is 5. The molecule has 0 bridgehead atoms. The third kappa shape index (κ3) is 4.73. The zero-order valence-corrected chi connectivity index (χ0v) is 14.3. The number of halogens is 3. The van der Waals surface area contributed by atoms with Crippen molar-refractivity contribution in [1.29, 1.82) is 5.41 Å². The Kier molecular flexibility index (Phi) is 6.03. The highest BCUT2D eigenvalue weighted by atomic mass is 35.5. The Hall–Kier alpha value is -2.54. The van der Waals surface area contributed by atoms with Crippen LogP contribution in [0, 0.1) is 5.41 Å². The van der Waals surface area contributed by atoms with Gasteiger partial charge < -0.3 is 10.1 Å². The Morgan fingerprint density at radius 1 is 1.36 bits per heavy atom. The first-order valence-electron chi connectivity index (χ1n) is 7.37. The molecule has 0 unspecified atom stereocenters. The second-order valence-electron chi connectivity index (χ2n) is 5.48. The molecular weight excluding hydrogens is 352 g/mol. The standard InChI is InChI=1S/C17H16ClF2N3O2/c1-9(2)23-14-5-10(8-24)7-22-16(14)15(21)12-6-11(25-17(19)20)3-4-13(12)18/h3-9,17,21,23H,1-2H3. The van der Waals surface area contributed by atoms with Crippen LogP contribution in [-0.4, -0.2) is 29.6 Å².